The smallest absolute Gasteiger partial charge is 0.338 e. The summed E-state index contributed by atoms with van der Waals surface area (Å²) in [5.41, 5.74) is 0.0810. The molecule has 10 heavy (non-hydrogen) atoms. The van der Waals surface area contributed by atoms with E-state index < -0.39 is 12.1 Å². The minimum Gasteiger partial charge on any atom is -0.479 e. The number of aromatic nitrogens is 2. The van der Waals surface area contributed by atoms with Crippen LogP contribution in [0.15, 0.2) is 5.38 Å². The topological polar surface area (TPSA) is 83.3 Å². The molecule has 1 unspecified atom stereocenters. The van der Waals surface area contributed by atoms with Crippen molar-refractivity contribution < 1.29 is 15.0 Å². The minimum atomic E-state index is -1.54. The van der Waals surface area contributed by atoms with Crippen LogP contribution in [0.5, 0.6) is 0 Å². The molecule has 0 saturated carbocycles. The molecule has 0 aliphatic heterocycles. The zero-order chi connectivity index (χ0) is 7.56. The Morgan fingerprint density at radius 2 is 2.50 bits per heavy atom. The predicted molar refractivity (Wildman–Crippen MR) is 32.5 cm³/mol. The molecule has 54 valence electrons. The summed E-state index contributed by atoms with van der Waals surface area (Å²) >= 11 is 1.00. The number of hydrogen-bond donors (Lipinski definition) is 2. The average molecular weight is 160 g/mol. The van der Waals surface area contributed by atoms with Crippen molar-refractivity contribution >= 4 is 17.5 Å². The maximum absolute atomic E-state index is 10.1. The minimum absolute atomic E-state index is 0.0810. The zero-order valence-electron chi connectivity index (χ0n) is 4.76. The number of carbonyl (C=O) groups is 1. The van der Waals surface area contributed by atoms with E-state index in [0.29, 0.717) is 0 Å². The van der Waals surface area contributed by atoms with Crippen LogP contribution in [0.25, 0.3) is 0 Å². The fourth-order valence-electron chi connectivity index (χ4n) is 0.417. The molecule has 5 nitrogen and oxygen atoms in total. The van der Waals surface area contributed by atoms with Crippen LogP contribution in [0.1, 0.15) is 11.8 Å². The Morgan fingerprint density at radius 3 is 2.90 bits per heavy atom. The van der Waals surface area contributed by atoms with Gasteiger partial charge in [0.15, 0.2) is 6.10 Å². The van der Waals surface area contributed by atoms with Gasteiger partial charge >= 0.3 is 5.97 Å². The van der Waals surface area contributed by atoms with Gasteiger partial charge in [0.25, 0.3) is 0 Å². The third-order valence-electron chi connectivity index (χ3n) is 0.891. The summed E-state index contributed by atoms with van der Waals surface area (Å²) in [6, 6.07) is 0. The summed E-state index contributed by atoms with van der Waals surface area (Å²) in [5, 5.41) is 21.8. The second kappa shape index (κ2) is 2.72. The van der Waals surface area contributed by atoms with Gasteiger partial charge in [-0.2, -0.15) is 0 Å². The first-order valence-electron chi connectivity index (χ1n) is 2.39. The summed E-state index contributed by atoms with van der Waals surface area (Å²) < 4.78 is 3.39. The Balaban J connectivity index is 2.77. The van der Waals surface area contributed by atoms with Gasteiger partial charge in [-0.3, -0.25) is 0 Å². The van der Waals surface area contributed by atoms with Crippen LogP contribution in [-0.2, 0) is 4.79 Å². The van der Waals surface area contributed by atoms with Crippen molar-refractivity contribution in [1.29, 1.82) is 0 Å². The fourth-order valence-corrected chi connectivity index (χ4v) is 0.890. The highest BCUT2D eigenvalue weighted by Gasteiger charge is 2.17. The lowest BCUT2D eigenvalue weighted by atomic mass is 10.3. The number of nitrogens with zero attached hydrogens (tertiary/aromatic N) is 2. The summed E-state index contributed by atoms with van der Waals surface area (Å²) in [6.07, 6.45) is -1.54. The van der Waals surface area contributed by atoms with Gasteiger partial charge in [0.2, 0.25) is 0 Å². The van der Waals surface area contributed by atoms with Crippen molar-refractivity contribution in [1.82, 2.24) is 9.59 Å². The quantitative estimate of drug-likeness (QED) is 0.618. The molecule has 1 aromatic heterocycles. The molecule has 1 heterocycles. The lowest BCUT2D eigenvalue weighted by Crippen LogP contribution is -2.10. The molecule has 1 aromatic rings. The van der Waals surface area contributed by atoms with E-state index in [-0.39, 0.29) is 5.69 Å². The summed E-state index contributed by atoms with van der Waals surface area (Å²) in [4.78, 5) is 10.1. The van der Waals surface area contributed by atoms with Gasteiger partial charge in [0.1, 0.15) is 5.69 Å². The number of aliphatic hydroxyl groups is 1. The van der Waals surface area contributed by atoms with Gasteiger partial charge in [-0.1, -0.05) is 4.49 Å². The van der Waals surface area contributed by atoms with Gasteiger partial charge in [-0.25, -0.2) is 4.79 Å². The normalized spacial score (nSPS) is 12.9. The van der Waals surface area contributed by atoms with Crippen LogP contribution < -0.4 is 0 Å². The third kappa shape index (κ3) is 1.28. The van der Waals surface area contributed by atoms with E-state index in [2.05, 4.69) is 9.59 Å². The first-order valence-corrected chi connectivity index (χ1v) is 3.23. The molecule has 6 heteroatoms. The van der Waals surface area contributed by atoms with E-state index in [4.69, 9.17) is 10.2 Å². The molecule has 2 N–H and O–H groups in total. The molecule has 0 saturated heterocycles. The van der Waals surface area contributed by atoms with Crippen molar-refractivity contribution in [2.75, 3.05) is 0 Å². The first kappa shape index (κ1) is 7.10. The van der Waals surface area contributed by atoms with Crippen molar-refractivity contribution in [3.05, 3.63) is 11.1 Å². The highest BCUT2D eigenvalue weighted by atomic mass is 32.1. The predicted octanol–water partition coefficient (Wildman–Crippen LogP) is -0.344. The monoisotopic (exact) mass is 160 g/mol. The van der Waals surface area contributed by atoms with Gasteiger partial charge in [-0.05, 0) is 11.5 Å². The van der Waals surface area contributed by atoms with Crippen LogP contribution in [-0.4, -0.2) is 25.8 Å². The highest BCUT2D eigenvalue weighted by molar-refractivity contribution is 7.03. The molecule has 0 spiro atoms. The lowest BCUT2D eigenvalue weighted by molar-refractivity contribution is -0.147. The Bertz CT molecular complexity index is 222. The van der Waals surface area contributed by atoms with Gasteiger partial charge in [0, 0.05) is 5.38 Å². The van der Waals surface area contributed by atoms with E-state index in [1.807, 2.05) is 0 Å². The second-order valence-electron chi connectivity index (χ2n) is 1.57. The standard InChI is InChI=1S/C4H4N2O3S/c7-3(4(8)9)2-1-10-6-5-2/h1,3,7H,(H,8,9). The van der Waals surface area contributed by atoms with E-state index in [0.717, 1.165) is 11.5 Å². The number of aliphatic carboxylic acids is 1. The number of rotatable bonds is 2. The van der Waals surface area contributed by atoms with Crippen LogP contribution >= 0.6 is 11.5 Å². The Hall–Kier alpha value is -1.01. The van der Waals surface area contributed by atoms with E-state index in [9.17, 15) is 4.79 Å². The van der Waals surface area contributed by atoms with Gasteiger partial charge in [0.05, 0.1) is 0 Å². The van der Waals surface area contributed by atoms with Crippen molar-refractivity contribution in [2.24, 2.45) is 0 Å². The number of aliphatic hydroxyl groups excluding tert-OH is 1. The summed E-state index contributed by atoms with van der Waals surface area (Å²) in [7, 11) is 0. The molecule has 0 aliphatic rings. The maximum atomic E-state index is 10.1. The van der Waals surface area contributed by atoms with E-state index in [1.165, 1.54) is 5.38 Å². The summed E-state index contributed by atoms with van der Waals surface area (Å²) in [5.74, 6) is -1.31. The number of carboxylic acid groups (broad SMARTS) is 1. The lowest BCUT2D eigenvalue weighted by Gasteiger charge is -1.96. The zero-order valence-corrected chi connectivity index (χ0v) is 5.58. The molecule has 0 radical (unpaired) electrons. The van der Waals surface area contributed by atoms with E-state index in [1.54, 1.807) is 0 Å². The Labute approximate surface area is 60.1 Å². The Kier molecular flexibility index (Phi) is 1.93. The van der Waals surface area contributed by atoms with Crippen molar-refractivity contribution in [3.63, 3.8) is 0 Å². The molecule has 0 aromatic carbocycles. The number of hydrogen-bond acceptors (Lipinski definition) is 5. The average Bonchev–Trinajstić information content (AvgIpc) is 2.36. The van der Waals surface area contributed by atoms with Crippen LogP contribution in [0, 0.1) is 0 Å². The summed E-state index contributed by atoms with van der Waals surface area (Å²) in [6.45, 7) is 0. The van der Waals surface area contributed by atoms with Crippen molar-refractivity contribution in [3.8, 4) is 0 Å². The molecule has 0 fully saturated rings. The van der Waals surface area contributed by atoms with Crippen LogP contribution in [0.2, 0.25) is 0 Å². The maximum Gasteiger partial charge on any atom is 0.338 e. The van der Waals surface area contributed by atoms with Crippen LogP contribution in [0.3, 0.4) is 0 Å². The molecular formula is C4H4N2O3S. The Morgan fingerprint density at radius 1 is 1.80 bits per heavy atom. The van der Waals surface area contributed by atoms with E-state index >= 15 is 0 Å². The molecular weight excluding hydrogens is 156 g/mol. The van der Waals surface area contributed by atoms with Gasteiger partial charge < -0.3 is 10.2 Å². The van der Waals surface area contributed by atoms with Gasteiger partial charge in [-0.15, -0.1) is 5.10 Å². The molecule has 0 aliphatic carbocycles. The third-order valence-corrected chi connectivity index (χ3v) is 1.41. The largest absolute Gasteiger partial charge is 0.479 e. The number of carboxylic acids is 1. The molecule has 0 bridgehead atoms. The molecule has 1 atom stereocenters. The second-order valence-corrected chi connectivity index (χ2v) is 2.18. The SMILES string of the molecule is O=C(O)C(O)c1csnn1. The molecule has 0 amide bonds. The van der Waals surface area contributed by atoms with Crippen LogP contribution in [0.4, 0.5) is 0 Å². The van der Waals surface area contributed by atoms with Crippen molar-refractivity contribution in [2.45, 2.75) is 6.10 Å². The molecule has 1 rings (SSSR count). The first-order chi connectivity index (χ1) is 4.72. The fraction of sp³-hybridized carbons (Fsp3) is 0.250. The highest BCUT2D eigenvalue weighted by Crippen LogP contribution is 2.09.